The van der Waals surface area contributed by atoms with Gasteiger partial charge in [0.25, 0.3) is 0 Å². The zero-order valence-corrected chi connectivity index (χ0v) is 24.1. The standard InChI is InChI=1S/C28H51N3O5S/c1-3-4-5-6-7-8-9-10-11-12-13-14-15-16-17-18-19-30-27(32)35-23-25(34-2)24-36-28(33)31-22-26-29-20-21-37-26/h20-21,25H,3-19,22-24H2,1-2H3,(H,30,32)(H,31,33). The lowest BCUT2D eigenvalue weighted by atomic mass is 10.0. The van der Waals surface area contributed by atoms with Crippen molar-refractivity contribution in [1.82, 2.24) is 15.6 Å². The second kappa shape index (κ2) is 24.5. The lowest BCUT2D eigenvalue weighted by Gasteiger charge is -2.16. The number of thiazole rings is 1. The summed E-state index contributed by atoms with van der Waals surface area (Å²) >= 11 is 1.45. The van der Waals surface area contributed by atoms with Crippen LogP contribution in [0.4, 0.5) is 9.59 Å². The SMILES string of the molecule is CCCCCCCCCCCCCCCCCCNC(=O)OCC(COC(=O)NCc1nccs1)OC. The van der Waals surface area contributed by atoms with Crippen molar-refractivity contribution < 1.29 is 23.8 Å². The van der Waals surface area contributed by atoms with Crippen molar-refractivity contribution >= 4 is 23.5 Å². The van der Waals surface area contributed by atoms with E-state index in [2.05, 4.69) is 22.5 Å². The van der Waals surface area contributed by atoms with Crippen LogP contribution in [0.5, 0.6) is 0 Å². The molecule has 0 aromatic carbocycles. The summed E-state index contributed by atoms with van der Waals surface area (Å²) in [6, 6.07) is 0. The summed E-state index contributed by atoms with van der Waals surface area (Å²) in [5.74, 6) is 0. The molecule has 0 radical (unpaired) electrons. The van der Waals surface area contributed by atoms with Gasteiger partial charge in [-0.15, -0.1) is 11.3 Å². The van der Waals surface area contributed by atoms with Crippen LogP contribution < -0.4 is 10.6 Å². The molecule has 0 bridgehead atoms. The van der Waals surface area contributed by atoms with Crippen molar-refractivity contribution in [2.24, 2.45) is 0 Å². The van der Waals surface area contributed by atoms with Crippen LogP contribution in [-0.2, 0) is 20.8 Å². The molecule has 0 aliphatic heterocycles. The Morgan fingerprint density at radius 3 is 1.73 bits per heavy atom. The van der Waals surface area contributed by atoms with Gasteiger partial charge in [0.2, 0.25) is 0 Å². The van der Waals surface area contributed by atoms with Crippen molar-refractivity contribution in [2.45, 2.75) is 122 Å². The van der Waals surface area contributed by atoms with Crippen LogP contribution in [0, 0.1) is 0 Å². The third kappa shape index (κ3) is 20.8. The van der Waals surface area contributed by atoms with E-state index >= 15 is 0 Å². The molecular formula is C28H51N3O5S. The number of alkyl carbamates (subject to hydrolysis) is 2. The molecule has 37 heavy (non-hydrogen) atoms. The number of carbonyl (C=O) groups is 2. The van der Waals surface area contributed by atoms with Gasteiger partial charge in [0.15, 0.2) is 0 Å². The van der Waals surface area contributed by atoms with Crippen LogP contribution in [0.2, 0.25) is 0 Å². The molecule has 1 heterocycles. The van der Waals surface area contributed by atoms with Gasteiger partial charge in [0.1, 0.15) is 24.3 Å². The lowest BCUT2D eigenvalue weighted by Crippen LogP contribution is -2.33. The number of ether oxygens (including phenoxy) is 3. The number of hydrogen-bond donors (Lipinski definition) is 2. The van der Waals surface area contributed by atoms with Crippen LogP contribution in [0.1, 0.15) is 115 Å². The molecular weight excluding hydrogens is 490 g/mol. The minimum Gasteiger partial charge on any atom is -0.447 e. The minimum atomic E-state index is -0.565. The first-order valence-electron chi connectivity index (χ1n) is 14.4. The van der Waals surface area contributed by atoms with E-state index in [4.69, 9.17) is 14.2 Å². The van der Waals surface area contributed by atoms with Gasteiger partial charge in [-0.2, -0.15) is 0 Å². The predicted molar refractivity (Wildman–Crippen MR) is 150 cm³/mol. The Morgan fingerprint density at radius 1 is 0.784 bits per heavy atom. The fourth-order valence-electron chi connectivity index (χ4n) is 3.98. The predicted octanol–water partition coefficient (Wildman–Crippen LogP) is 7.37. The third-order valence-corrected chi connectivity index (χ3v) is 7.08. The molecule has 1 atom stereocenters. The van der Waals surface area contributed by atoms with Crippen molar-refractivity contribution in [3.63, 3.8) is 0 Å². The Morgan fingerprint density at radius 2 is 1.27 bits per heavy atom. The normalized spacial score (nSPS) is 11.7. The first-order valence-corrected chi connectivity index (χ1v) is 15.3. The van der Waals surface area contributed by atoms with Gasteiger partial charge in [-0.05, 0) is 6.42 Å². The minimum absolute atomic E-state index is 0.00733. The molecule has 1 aromatic rings. The number of unbranched alkanes of at least 4 members (excludes halogenated alkanes) is 15. The molecule has 0 aliphatic carbocycles. The van der Waals surface area contributed by atoms with E-state index in [0.717, 1.165) is 17.8 Å². The van der Waals surface area contributed by atoms with E-state index in [9.17, 15) is 9.59 Å². The van der Waals surface area contributed by atoms with Crippen molar-refractivity contribution in [1.29, 1.82) is 0 Å². The summed E-state index contributed by atoms with van der Waals surface area (Å²) in [5, 5.41) is 8.02. The zero-order valence-electron chi connectivity index (χ0n) is 23.3. The number of rotatable bonds is 24. The van der Waals surface area contributed by atoms with Gasteiger partial charge in [0, 0.05) is 25.2 Å². The Balaban J connectivity index is 1.86. The van der Waals surface area contributed by atoms with Crippen molar-refractivity contribution in [3.8, 4) is 0 Å². The maximum Gasteiger partial charge on any atom is 0.407 e. The molecule has 0 saturated heterocycles. The van der Waals surface area contributed by atoms with E-state index in [1.54, 1.807) is 6.20 Å². The summed E-state index contributed by atoms with van der Waals surface area (Å²) in [6.07, 6.45) is 21.3. The molecule has 0 aliphatic rings. The summed E-state index contributed by atoms with van der Waals surface area (Å²) < 4.78 is 15.5. The average molecular weight is 542 g/mol. The van der Waals surface area contributed by atoms with Crippen molar-refractivity contribution in [2.75, 3.05) is 26.9 Å². The number of carbonyl (C=O) groups excluding carboxylic acids is 2. The Hall–Kier alpha value is -1.87. The van der Waals surface area contributed by atoms with Crippen LogP contribution in [0.3, 0.4) is 0 Å². The highest BCUT2D eigenvalue weighted by Gasteiger charge is 2.14. The van der Waals surface area contributed by atoms with E-state index in [0.29, 0.717) is 13.1 Å². The van der Waals surface area contributed by atoms with Gasteiger partial charge < -0.3 is 24.8 Å². The van der Waals surface area contributed by atoms with Crippen LogP contribution in [0.15, 0.2) is 11.6 Å². The largest absolute Gasteiger partial charge is 0.447 e. The number of hydrogen-bond acceptors (Lipinski definition) is 7. The van der Waals surface area contributed by atoms with E-state index < -0.39 is 18.3 Å². The van der Waals surface area contributed by atoms with Crippen LogP contribution >= 0.6 is 11.3 Å². The molecule has 8 nitrogen and oxygen atoms in total. The fourth-order valence-corrected chi connectivity index (χ4v) is 4.53. The Kier molecular flexibility index (Phi) is 21.9. The average Bonchev–Trinajstić information content (AvgIpc) is 3.43. The number of aromatic nitrogens is 1. The lowest BCUT2D eigenvalue weighted by molar-refractivity contribution is -0.00454. The van der Waals surface area contributed by atoms with Gasteiger partial charge >= 0.3 is 12.2 Å². The molecule has 1 aromatic heterocycles. The van der Waals surface area contributed by atoms with Crippen molar-refractivity contribution in [3.05, 3.63) is 16.6 Å². The first kappa shape index (κ1) is 33.2. The summed E-state index contributed by atoms with van der Waals surface area (Å²) in [7, 11) is 1.49. The maximum absolute atomic E-state index is 11.9. The Labute approximate surface area is 228 Å². The molecule has 0 spiro atoms. The fraction of sp³-hybridized carbons (Fsp3) is 0.821. The first-order chi connectivity index (χ1) is 18.2. The van der Waals surface area contributed by atoms with Gasteiger partial charge in [-0.3, -0.25) is 0 Å². The molecule has 9 heteroatoms. The maximum atomic E-state index is 11.9. The van der Waals surface area contributed by atoms with Gasteiger partial charge in [-0.25, -0.2) is 14.6 Å². The molecule has 2 N–H and O–H groups in total. The molecule has 2 amide bonds. The van der Waals surface area contributed by atoms with Gasteiger partial charge in [0.05, 0.1) is 6.54 Å². The second-order valence-corrected chi connectivity index (χ2v) is 10.5. The molecule has 0 fully saturated rings. The monoisotopic (exact) mass is 541 g/mol. The zero-order chi connectivity index (χ0) is 26.8. The third-order valence-electron chi connectivity index (χ3n) is 6.30. The van der Waals surface area contributed by atoms with Crippen LogP contribution in [0.25, 0.3) is 0 Å². The number of nitrogens with zero attached hydrogens (tertiary/aromatic N) is 1. The second-order valence-electron chi connectivity index (χ2n) is 9.56. The van der Waals surface area contributed by atoms with Gasteiger partial charge in [-0.1, -0.05) is 103 Å². The van der Waals surface area contributed by atoms with E-state index in [1.807, 2.05) is 5.38 Å². The number of amides is 2. The van der Waals surface area contributed by atoms with E-state index in [-0.39, 0.29) is 13.2 Å². The summed E-state index contributed by atoms with van der Waals surface area (Å²) in [4.78, 5) is 27.7. The quantitative estimate of drug-likeness (QED) is 0.133. The molecule has 1 unspecified atom stereocenters. The topological polar surface area (TPSA) is 98.8 Å². The summed E-state index contributed by atoms with van der Waals surface area (Å²) in [6.45, 7) is 3.19. The highest BCUT2D eigenvalue weighted by Crippen LogP contribution is 2.13. The smallest absolute Gasteiger partial charge is 0.407 e. The number of methoxy groups -OCH3 is 1. The molecule has 214 valence electrons. The highest BCUT2D eigenvalue weighted by atomic mass is 32.1. The number of nitrogens with one attached hydrogen (secondary N) is 2. The summed E-state index contributed by atoms with van der Waals surface area (Å²) in [5.41, 5.74) is 0. The highest BCUT2D eigenvalue weighted by molar-refractivity contribution is 7.09. The van der Waals surface area contributed by atoms with E-state index in [1.165, 1.54) is 108 Å². The molecule has 1 rings (SSSR count). The van der Waals surface area contributed by atoms with Crippen LogP contribution in [-0.4, -0.2) is 50.1 Å². The Bertz CT molecular complexity index is 660. The molecule has 0 saturated carbocycles.